The average Bonchev–Trinajstić information content (AvgIpc) is 2.28. The van der Waals surface area contributed by atoms with Crippen LogP contribution in [0.4, 0.5) is 0 Å². The molecule has 1 fully saturated rings. The van der Waals surface area contributed by atoms with E-state index in [1.807, 2.05) is 13.8 Å². The van der Waals surface area contributed by atoms with Gasteiger partial charge in [-0.2, -0.15) is 0 Å². The molecule has 0 aromatic heterocycles. The summed E-state index contributed by atoms with van der Waals surface area (Å²) in [5.74, 6) is -0.758. The third-order valence-electron chi connectivity index (χ3n) is 3.75. The summed E-state index contributed by atoms with van der Waals surface area (Å²) < 4.78 is 0. The molecule has 2 rings (SSSR count). The van der Waals surface area contributed by atoms with Crippen molar-refractivity contribution in [1.82, 2.24) is 5.32 Å². The summed E-state index contributed by atoms with van der Waals surface area (Å²) >= 11 is 0. The Balaban J connectivity index is 2.09. The van der Waals surface area contributed by atoms with Gasteiger partial charge in [0.25, 0.3) is 5.91 Å². The molecule has 2 atom stereocenters. The summed E-state index contributed by atoms with van der Waals surface area (Å²) in [5, 5.41) is 31.1. The Morgan fingerprint density at radius 2 is 2.06 bits per heavy atom. The monoisotopic (exact) mass is 251 g/mol. The molecule has 4 N–H and O–H groups in total. The van der Waals surface area contributed by atoms with Gasteiger partial charge in [0, 0.05) is 17.5 Å². The second-order valence-electron chi connectivity index (χ2n) is 5.30. The predicted molar refractivity (Wildman–Crippen MR) is 65.4 cm³/mol. The summed E-state index contributed by atoms with van der Waals surface area (Å²) in [5.41, 5.74) is -0.243. The Hall–Kier alpha value is -1.75. The molecule has 98 valence electrons. The maximum absolute atomic E-state index is 11.9. The number of aromatic hydroxyl groups is 2. The fraction of sp³-hybridized carbons (Fsp3) is 0.462. The normalized spacial score (nSPS) is 25.3. The molecule has 0 saturated heterocycles. The first-order chi connectivity index (χ1) is 8.32. The largest absolute Gasteiger partial charge is 0.508 e. The van der Waals surface area contributed by atoms with Crippen molar-refractivity contribution in [1.29, 1.82) is 0 Å². The Morgan fingerprint density at radius 1 is 1.39 bits per heavy atom. The van der Waals surface area contributed by atoms with Crippen LogP contribution in [0.1, 0.15) is 30.6 Å². The van der Waals surface area contributed by atoms with Crippen LogP contribution in [0.5, 0.6) is 11.5 Å². The van der Waals surface area contributed by atoms with E-state index in [2.05, 4.69) is 5.32 Å². The summed E-state index contributed by atoms with van der Waals surface area (Å²) in [6.07, 6.45) is 0.0913. The van der Waals surface area contributed by atoms with E-state index in [-0.39, 0.29) is 28.5 Å². The van der Waals surface area contributed by atoms with E-state index in [4.69, 9.17) is 5.11 Å². The molecule has 1 aliphatic carbocycles. The van der Waals surface area contributed by atoms with Gasteiger partial charge in [-0.15, -0.1) is 0 Å². The minimum absolute atomic E-state index is 0.0940. The topological polar surface area (TPSA) is 89.8 Å². The number of amides is 1. The molecular weight excluding hydrogens is 234 g/mol. The van der Waals surface area contributed by atoms with Crippen LogP contribution < -0.4 is 5.32 Å². The highest BCUT2D eigenvalue weighted by molar-refractivity contribution is 5.97. The number of aliphatic hydroxyl groups excluding tert-OH is 1. The maximum Gasteiger partial charge on any atom is 0.255 e. The molecule has 1 aliphatic rings. The van der Waals surface area contributed by atoms with Crippen LogP contribution in [0.3, 0.4) is 0 Å². The number of aliphatic hydroxyl groups is 1. The van der Waals surface area contributed by atoms with Crippen molar-refractivity contribution in [3.8, 4) is 11.5 Å². The second-order valence-corrected chi connectivity index (χ2v) is 5.30. The maximum atomic E-state index is 11.9. The van der Waals surface area contributed by atoms with E-state index in [0.29, 0.717) is 6.42 Å². The Labute approximate surface area is 105 Å². The fourth-order valence-electron chi connectivity index (χ4n) is 2.10. The first-order valence-electron chi connectivity index (χ1n) is 5.83. The number of hydrogen-bond donors (Lipinski definition) is 4. The molecule has 18 heavy (non-hydrogen) atoms. The summed E-state index contributed by atoms with van der Waals surface area (Å²) in [6.45, 7) is 3.76. The average molecular weight is 251 g/mol. The van der Waals surface area contributed by atoms with Crippen LogP contribution in [-0.4, -0.2) is 33.4 Å². The van der Waals surface area contributed by atoms with Gasteiger partial charge in [-0.1, -0.05) is 13.8 Å². The van der Waals surface area contributed by atoms with Gasteiger partial charge in [0.15, 0.2) is 0 Å². The highest BCUT2D eigenvalue weighted by atomic mass is 16.3. The van der Waals surface area contributed by atoms with Crippen molar-refractivity contribution in [2.75, 3.05) is 0 Å². The van der Waals surface area contributed by atoms with E-state index in [1.54, 1.807) is 0 Å². The highest BCUT2D eigenvalue weighted by Gasteiger charge is 2.48. The van der Waals surface area contributed by atoms with Crippen LogP contribution >= 0.6 is 0 Å². The molecule has 1 amide bonds. The predicted octanol–water partition coefficient (Wildman–Crippen LogP) is 0.987. The number of hydrogen-bond acceptors (Lipinski definition) is 4. The lowest BCUT2D eigenvalue weighted by molar-refractivity contribution is -0.0689. The van der Waals surface area contributed by atoms with Crippen LogP contribution in [0.15, 0.2) is 18.2 Å². The van der Waals surface area contributed by atoms with E-state index in [1.165, 1.54) is 12.1 Å². The van der Waals surface area contributed by atoms with Gasteiger partial charge >= 0.3 is 0 Å². The number of nitrogens with one attached hydrogen (secondary N) is 1. The van der Waals surface area contributed by atoms with E-state index in [0.717, 1.165) is 6.07 Å². The van der Waals surface area contributed by atoms with Crippen LogP contribution in [0.2, 0.25) is 0 Å². The van der Waals surface area contributed by atoms with Crippen molar-refractivity contribution in [2.45, 2.75) is 32.4 Å². The Bertz CT molecular complexity index is 484. The van der Waals surface area contributed by atoms with Gasteiger partial charge in [0.05, 0.1) is 11.7 Å². The lowest BCUT2D eigenvalue weighted by Gasteiger charge is -2.49. The zero-order valence-electron chi connectivity index (χ0n) is 10.3. The van der Waals surface area contributed by atoms with E-state index >= 15 is 0 Å². The van der Waals surface area contributed by atoms with Gasteiger partial charge in [-0.05, 0) is 18.6 Å². The Kier molecular flexibility index (Phi) is 2.94. The van der Waals surface area contributed by atoms with Gasteiger partial charge < -0.3 is 20.6 Å². The molecule has 0 radical (unpaired) electrons. The lowest BCUT2D eigenvalue weighted by atomic mass is 9.64. The van der Waals surface area contributed by atoms with Crippen molar-refractivity contribution in [3.63, 3.8) is 0 Å². The molecule has 0 bridgehead atoms. The molecule has 5 heteroatoms. The van der Waals surface area contributed by atoms with Gasteiger partial charge in [-0.25, -0.2) is 0 Å². The number of rotatable bonds is 2. The van der Waals surface area contributed by atoms with Crippen molar-refractivity contribution >= 4 is 5.91 Å². The molecule has 1 aromatic rings. The third-order valence-corrected chi connectivity index (χ3v) is 3.75. The number of carbonyl (C=O) groups excluding carboxylic acids is 1. The van der Waals surface area contributed by atoms with Gasteiger partial charge in [-0.3, -0.25) is 4.79 Å². The highest BCUT2D eigenvalue weighted by Crippen LogP contribution is 2.40. The summed E-state index contributed by atoms with van der Waals surface area (Å²) in [4.78, 5) is 11.9. The zero-order valence-corrected chi connectivity index (χ0v) is 10.3. The summed E-state index contributed by atoms with van der Waals surface area (Å²) in [6, 6.07) is 3.71. The number of phenolic OH excluding ortho intramolecular Hbond substituents is 2. The molecule has 1 aromatic carbocycles. The van der Waals surface area contributed by atoms with Crippen LogP contribution in [0.25, 0.3) is 0 Å². The molecule has 5 nitrogen and oxygen atoms in total. The van der Waals surface area contributed by atoms with E-state index in [9.17, 15) is 15.0 Å². The Morgan fingerprint density at radius 3 is 2.56 bits per heavy atom. The molecule has 2 unspecified atom stereocenters. The number of phenols is 2. The molecule has 0 aliphatic heterocycles. The number of benzene rings is 1. The molecule has 1 saturated carbocycles. The summed E-state index contributed by atoms with van der Waals surface area (Å²) in [7, 11) is 0. The standard InChI is InChI=1S/C13H17NO4/c1-13(2)10(6-11(13)17)14-12(18)8-4-3-7(15)5-9(8)16/h3-5,10-11,15-17H,6H2,1-2H3,(H,14,18). The second kappa shape index (κ2) is 4.17. The molecular formula is C13H17NO4. The first kappa shape index (κ1) is 12.7. The lowest BCUT2D eigenvalue weighted by Crippen LogP contribution is -2.61. The molecule has 0 heterocycles. The SMILES string of the molecule is CC1(C)C(O)CC1NC(=O)c1ccc(O)cc1O. The number of carbonyl (C=O) groups is 1. The smallest absolute Gasteiger partial charge is 0.255 e. The van der Waals surface area contributed by atoms with Gasteiger partial charge in [0.2, 0.25) is 0 Å². The quantitative estimate of drug-likeness (QED) is 0.631. The van der Waals surface area contributed by atoms with Crippen molar-refractivity contribution < 1.29 is 20.1 Å². The minimum atomic E-state index is -0.420. The third kappa shape index (κ3) is 2.01. The van der Waals surface area contributed by atoms with Crippen LogP contribution in [-0.2, 0) is 0 Å². The zero-order chi connectivity index (χ0) is 13.5. The molecule has 0 spiro atoms. The van der Waals surface area contributed by atoms with Crippen molar-refractivity contribution in [3.05, 3.63) is 23.8 Å². The first-order valence-corrected chi connectivity index (χ1v) is 5.83. The van der Waals surface area contributed by atoms with Crippen molar-refractivity contribution in [2.24, 2.45) is 5.41 Å². The van der Waals surface area contributed by atoms with Gasteiger partial charge in [0.1, 0.15) is 11.5 Å². The van der Waals surface area contributed by atoms with E-state index < -0.39 is 12.0 Å². The fourth-order valence-corrected chi connectivity index (χ4v) is 2.10. The van der Waals surface area contributed by atoms with Crippen LogP contribution in [0, 0.1) is 5.41 Å². The minimum Gasteiger partial charge on any atom is -0.508 e.